The Morgan fingerprint density at radius 2 is 1.87 bits per heavy atom. The number of hydrogen-bond acceptors (Lipinski definition) is 6. The van der Waals surface area contributed by atoms with Gasteiger partial charge >= 0.3 is 5.97 Å². The van der Waals surface area contributed by atoms with Crippen molar-refractivity contribution in [2.75, 3.05) is 26.4 Å². The molecule has 0 radical (unpaired) electrons. The Bertz CT molecular complexity index is 228. The zero-order chi connectivity index (χ0) is 11.1. The van der Waals surface area contributed by atoms with E-state index in [1.54, 1.807) is 0 Å². The molecule has 2 aliphatic heterocycles. The van der Waals surface area contributed by atoms with Crippen LogP contribution in [-0.4, -0.2) is 44.0 Å². The van der Waals surface area contributed by atoms with Gasteiger partial charge in [-0.05, 0) is 0 Å². The number of hydrogen-bond donors (Lipinski definition) is 1. The van der Waals surface area contributed by atoms with Gasteiger partial charge in [0.15, 0.2) is 12.4 Å². The van der Waals surface area contributed by atoms with E-state index in [0.717, 1.165) is 0 Å². The molecule has 84 valence electrons. The average Bonchev–Trinajstić information content (AvgIpc) is 2.25. The Morgan fingerprint density at radius 1 is 1.07 bits per heavy atom. The lowest BCUT2D eigenvalue weighted by atomic mass is 10.3. The summed E-state index contributed by atoms with van der Waals surface area (Å²) in [5.74, 6) is -0.486. The highest BCUT2D eigenvalue weighted by Gasteiger charge is 2.13. The summed E-state index contributed by atoms with van der Waals surface area (Å²) in [5.41, 5.74) is 0. The number of ketones is 1. The van der Waals surface area contributed by atoms with Crippen molar-refractivity contribution in [3.8, 4) is 0 Å². The first-order valence-corrected chi connectivity index (χ1v) is 4.37. The van der Waals surface area contributed by atoms with Crippen LogP contribution in [0.4, 0.5) is 0 Å². The van der Waals surface area contributed by atoms with E-state index in [1.165, 1.54) is 0 Å². The van der Waals surface area contributed by atoms with Crippen molar-refractivity contribution in [3.63, 3.8) is 0 Å². The fourth-order valence-corrected chi connectivity index (χ4v) is 0.813. The van der Waals surface area contributed by atoms with Crippen molar-refractivity contribution in [3.05, 3.63) is 0 Å². The van der Waals surface area contributed by atoms with Crippen LogP contribution in [0.5, 0.6) is 0 Å². The van der Waals surface area contributed by atoms with Gasteiger partial charge in [0.2, 0.25) is 0 Å². The highest BCUT2D eigenvalue weighted by Crippen LogP contribution is 1.94. The topological polar surface area (TPSA) is 90.9 Å². The van der Waals surface area contributed by atoms with Crippen LogP contribution in [0.3, 0.4) is 0 Å². The molecule has 2 fully saturated rings. The van der Waals surface area contributed by atoms with E-state index in [4.69, 9.17) is 0 Å². The van der Waals surface area contributed by atoms with Gasteiger partial charge in [-0.1, -0.05) is 0 Å². The van der Waals surface area contributed by atoms with Gasteiger partial charge in [0.1, 0.15) is 13.2 Å². The number of esters is 1. The van der Waals surface area contributed by atoms with Crippen LogP contribution in [0, 0.1) is 0 Å². The Morgan fingerprint density at radius 3 is 2.20 bits per heavy atom. The number of ether oxygens (including phenoxy) is 1. The first kappa shape index (κ1) is 11.6. The lowest BCUT2D eigenvalue weighted by Crippen LogP contribution is -2.39. The molecule has 0 atom stereocenters. The van der Waals surface area contributed by atoms with E-state index in [0.29, 0.717) is 13.0 Å². The van der Waals surface area contributed by atoms with Crippen LogP contribution in [0.25, 0.3) is 0 Å². The lowest BCUT2D eigenvalue weighted by molar-refractivity contribution is -0.300. The number of carbonyl (C=O) groups is 3. The largest absolute Gasteiger partial charge is 0.454 e. The van der Waals surface area contributed by atoms with Crippen LogP contribution in [0.1, 0.15) is 6.42 Å². The monoisotopic (exact) mass is 217 g/mol. The summed E-state index contributed by atoms with van der Waals surface area (Å²) in [6.45, 7) is 0.427. The summed E-state index contributed by atoms with van der Waals surface area (Å²) >= 11 is 0. The van der Waals surface area contributed by atoms with Crippen LogP contribution in [-0.2, 0) is 28.9 Å². The van der Waals surface area contributed by atoms with Gasteiger partial charge in [-0.15, -0.1) is 0 Å². The van der Waals surface area contributed by atoms with Gasteiger partial charge in [0.25, 0.3) is 5.91 Å². The molecule has 7 heteroatoms. The Labute approximate surface area is 85.6 Å². The zero-order valence-electron chi connectivity index (χ0n) is 7.99. The number of rotatable bonds is 0. The minimum absolute atomic E-state index is 0.0127. The van der Waals surface area contributed by atoms with Gasteiger partial charge in [0.05, 0.1) is 6.61 Å². The Balaban J connectivity index is 0.000000151. The third-order valence-electron chi connectivity index (χ3n) is 1.56. The minimum Gasteiger partial charge on any atom is -0.454 e. The maximum atomic E-state index is 10.3. The van der Waals surface area contributed by atoms with Crippen LogP contribution >= 0.6 is 0 Å². The predicted octanol–water partition coefficient (Wildman–Crippen LogP) is -1.43. The molecule has 0 unspecified atom stereocenters. The van der Waals surface area contributed by atoms with Crippen molar-refractivity contribution in [1.82, 2.24) is 5.32 Å². The van der Waals surface area contributed by atoms with Crippen molar-refractivity contribution in [1.29, 1.82) is 0 Å². The van der Waals surface area contributed by atoms with Crippen molar-refractivity contribution in [2.24, 2.45) is 0 Å². The van der Waals surface area contributed by atoms with Crippen molar-refractivity contribution >= 4 is 17.7 Å². The first-order chi connectivity index (χ1) is 7.18. The molecule has 0 aromatic rings. The van der Waals surface area contributed by atoms with E-state index in [-0.39, 0.29) is 37.4 Å². The summed E-state index contributed by atoms with van der Waals surface area (Å²) in [4.78, 5) is 39.4. The average molecular weight is 217 g/mol. The van der Waals surface area contributed by atoms with E-state index in [1.807, 2.05) is 0 Å². The van der Waals surface area contributed by atoms with E-state index < -0.39 is 0 Å². The third kappa shape index (κ3) is 5.08. The van der Waals surface area contributed by atoms with Gasteiger partial charge in [0, 0.05) is 6.42 Å². The molecule has 2 saturated heterocycles. The lowest BCUT2D eigenvalue weighted by Gasteiger charge is -2.10. The van der Waals surface area contributed by atoms with Gasteiger partial charge in [-0.3, -0.25) is 14.4 Å². The number of Topliss-reactive ketones (excluding diaryl/α,β-unsaturated/α-hetero) is 1. The van der Waals surface area contributed by atoms with Crippen molar-refractivity contribution < 1.29 is 28.9 Å². The van der Waals surface area contributed by atoms with Gasteiger partial charge < -0.3 is 10.1 Å². The molecule has 0 aromatic heterocycles. The Kier molecular flexibility index (Phi) is 4.72. The number of amides is 1. The highest BCUT2D eigenvalue weighted by atomic mass is 17.2. The smallest absolute Gasteiger partial charge is 0.325 e. The molecule has 0 aliphatic carbocycles. The second-order valence-corrected chi connectivity index (χ2v) is 2.81. The third-order valence-corrected chi connectivity index (χ3v) is 1.56. The fourth-order valence-electron chi connectivity index (χ4n) is 0.813. The number of cyclic esters (lactones) is 1. The van der Waals surface area contributed by atoms with Gasteiger partial charge in [-0.25, -0.2) is 9.78 Å². The summed E-state index contributed by atoms with van der Waals surface area (Å²) in [7, 11) is 0. The molecular formula is C8H11NO6. The SMILES string of the molecule is O=C1CCOOC1.O=C1COC(=O)CN1. The quantitative estimate of drug-likeness (QED) is 0.395. The maximum absolute atomic E-state index is 10.3. The molecule has 2 rings (SSSR count). The van der Waals surface area contributed by atoms with Crippen LogP contribution in [0.2, 0.25) is 0 Å². The van der Waals surface area contributed by atoms with Gasteiger partial charge in [-0.2, -0.15) is 0 Å². The maximum Gasteiger partial charge on any atom is 0.325 e. The Hall–Kier alpha value is -1.47. The molecular weight excluding hydrogens is 206 g/mol. The minimum atomic E-state index is -0.371. The number of carbonyl (C=O) groups excluding carboxylic acids is 3. The zero-order valence-corrected chi connectivity index (χ0v) is 7.99. The molecule has 2 heterocycles. The summed E-state index contributed by atoms with van der Waals surface area (Å²) < 4.78 is 4.34. The van der Waals surface area contributed by atoms with Crippen molar-refractivity contribution in [2.45, 2.75) is 6.42 Å². The summed E-state index contributed by atoms with van der Waals surface area (Å²) in [6.07, 6.45) is 0.500. The molecule has 0 bridgehead atoms. The second kappa shape index (κ2) is 6.10. The highest BCUT2D eigenvalue weighted by molar-refractivity contribution is 5.87. The molecule has 15 heavy (non-hydrogen) atoms. The molecule has 7 nitrogen and oxygen atoms in total. The molecule has 0 saturated carbocycles. The van der Waals surface area contributed by atoms with Crippen LogP contribution in [0.15, 0.2) is 0 Å². The van der Waals surface area contributed by atoms with Crippen LogP contribution < -0.4 is 5.32 Å². The molecule has 1 amide bonds. The molecule has 0 aromatic carbocycles. The fraction of sp³-hybridized carbons (Fsp3) is 0.625. The summed E-state index contributed by atoms with van der Waals surface area (Å²) in [6, 6.07) is 0. The van der Waals surface area contributed by atoms with E-state index in [9.17, 15) is 14.4 Å². The standard InChI is InChI=1S/C4H5NO3.C4H6O3/c6-3-2-8-4(7)1-5-3;5-4-1-2-6-7-3-4/h1-2H2,(H,5,6);1-3H2. The second-order valence-electron chi connectivity index (χ2n) is 2.81. The summed E-state index contributed by atoms with van der Waals surface area (Å²) in [5, 5.41) is 2.32. The number of morpholine rings is 1. The van der Waals surface area contributed by atoms with E-state index in [2.05, 4.69) is 19.8 Å². The molecule has 1 N–H and O–H groups in total. The molecule has 2 aliphatic rings. The normalized spacial score (nSPS) is 20.9. The first-order valence-electron chi connectivity index (χ1n) is 4.37. The predicted molar refractivity (Wildman–Crippen MR) is 45.5 cm³/mol. The number of nitrogens with one attached hydrogen (secondary N) is 1. The molecule has 0 spiro atoms. The van der Waals surface area contributed by atoms with E-state index >= 15 is 0 Å².